The predicted molar refractivity (Wildman–Crippen MR) is 64.3 cm³/mol. The highest BCUT2D eigenvalue weighted by atomic mass is 16.1. The Kier molecular flexibility index (Phi) is 5.19. The second kappa shape index (κ2) is 6.43. The highest BCUT2D eigenvalue weighted by Gasteiger charge is 2.19. The lowest BCUT2D eigenvalue weighted by atomic mass is 10.00. The standard InChI is InChI=1S/C12H21N3O/c1-3-8-15-9-7-14-12(15)11(16)10(2)5-4-6-13/h7,9-10H,3-6,8,13H2,1-2H3. The van der Waals surface area contributed by atoms with Gasteiger partial charge in [0.2, 0.25) is 5.78 Å². The van der Waals surface area contributed by atoms with Crippen LogP contribution in [-0.2, 0) is 6.54 Å². The molecule has 0 aliphatic rings. The molecule has 0 saturated heterocycles. The minimum absolute atomic E-state index is 0.0153. The number of imidazole rings is 1. The lowest BCUT2D eigenvalue weighted by Gasteiger charge is -2.10. The Labute approximate surface area is 96.9 Å². The summed E-state index contributed by atoms with van der Waals surface area (Å²) in [7, 11) is 0. The number of ketones is 1. The van der Waals surface area contributed by atoms with Gasteiger partial charge in [0.05, 0.1) is 0 Å². The first kappa shape index (κ1) is 12.9. The van der Waals surface area contributed by atoms with Crippen molar-refractivity contribution < 1.29 is 4.79 Å². The third kappa shape index (κ3) is 3.17. The average Bonchev–Trinajstić information content (AvgIpc) is 2.73. The number of nitrogens with zero attached hydrogens (tertiary/aromatic N) is 2. The molecule has 16 heavy (non-hydrogen) atoms. The molecule has 1 heterocycles. The van der Waals surface area contributed by atoms with E-state index < -0.39 is 0 Å². The van der Waals surface area contributed by atoms with Gasteiger partial charge in [0.15, 0.2) is 5.82 Å². The topological polar surface area (TPSA) is 60.9 Å². The number of hydrogen-bond donors (Lipinski definition) is 1. The van der Waals surface area contributed by atoms with Crippen molar-refractivity contribution in [1.29, 1.82) is 0 Å². The van der Waals surface area contributed by atoms with Crippen LogP contribution in [-0.4, -0.2) is 21.9 Å². The molecular formula is C12H21N3O. The molecule has 4 nitrogen and oxygen atoms in total. The summed E-state index contributed by atoms with van der Waals surface area (Å²) >= 11 is 0. The van der Waals surface area contributed by atoms with E-state index in [0.717, 1.165) is 25.8 Å². The normalized spacial score (nSPS) is 12.7. The molecule has 1 aromatic heterocycles. The Balaban J connectivity index is 2.67. The van der Waals surface area contributed by atoms with Crippen molar-refractivity contribution in [3.63, 3.8) is 0 Å². The van der Waals surface area contributed by atoms with Gasteiger partial charge in [0.25, 0.3) is 0 Å². The molecule has 0 bridgehead atoms. The average molecular weight is 223 g/mol. The molecule has 4 heteroatoms. The molecule has 1 unspecified atom stereocenters. The zero-order valence-electron chi connectivity index (χ0n) is 10.1. The Morgan fingerprint density at radius 3 is 3.00 bits per heavy atom. The number of aromatic nitrogens is 2. The second-order valence-corrected chi connectivity index (χ2v) is 4.14. The SMILES string of the molecule is CCCn1ccnc1C(=O)C(C)CCCN. The first-order valence-corrected chi connectivity index (χ1v) is 5.96. The number of aryl methyl sites for hydroxylation is 1. The fraction of sp³-hybridized carbons (Fsp3) is 0.667. The molecule has 1 atom stereocenters. The van der Waals surface area contributed by atoms with Crippen LogP contribution in [0.2, 0.25) is 0 Å². The van der Waals surface area contributed by atoms with Crippen molar-refractivity contribution in [2.45, 2.75) is 39.7 Å². The quantitative estimate of drug-likeness (QED) is 0.718. The zero-order chi connectivity index (χ0) is 12.0. The summed E-state index contributed by atoms with van der Waals surface area (Å²) in [6.07, 6.45) is 6.30. The molecule has 90 valence electrons. The van der Waals surface area contributed by atoms with Gasteiger partial charge in [-0.05, 0) is 25.8 Å². The van der Waals surface area contributed by atoms with Crippen LogP contribution in [0.5, 0.6) is 0 Å². The smallest absolute Gasteiger partial charge is 0.201 e. The van der Waals surface area contributed by atoms with Gasteiger partial charge in [-0.3, -0.25) is 4.79 Å². The third-order valence-electron chi connectivity index (χ3n) is 2.69. The summed E-state index contributed by atoms with van der Waals surface area (Å²) in [6, 6.07) is 0. The fourth-order valence-corrected chi connectivity index (χ4v) is 1.73. The first-order valence-electron chi connectivity index (χ1n) is 5.96. The molecule has 0 saturated carbocycles. The first-order chi connectivity index (χ1) is 7.70. The van der Waals surface area contributed by atoms with Crippen LogP contribution in [0, 0.1) is 5.92 Å². The molecule has 1 aromatic rings. The molecule has 0 radical (unpaired) electrons. The lowest BCUT2D eigenvalue weighted by Crippen LogP contribution is -2.18. The predicted octanol–water partition coefficient (Wildman–Crippen LogP) is 1.85. The van der Waals surface area contributed by atoms with Gasteiger partial charge < -0.3 is 10.3 Å². The molecule has 0 amide bonds. The van der Waals surface area contributed by atoms with E-state index in [4.69, 9.17) is 5.73 Å². The van der Waals surface area contributed by atoms with Crippen LogP contribution in [0.15, 0.2) is 12.4 Å². The van der Waals surface area contributed by atoms with Gasteiger partial charge in [0, 0.05) is 24.9 Å². The molecule has 0 aliphatic carbocycles. The van der Waals surface area contributed by atoms with Crippen molar-refractivity contribution in [2.24, 2.45) is 11.7 Å². The highest BCUT2D eigenvalue weighted by Crippen LogP contribution is 2.12. The number of hydrogen-bond acceptors (Lipinski definition) is 3. The Morgan fingerprint density at radius 2 is 2.38 bits per heavy atom. The maximum atomic E-state index is 12.1. The molecule has 2 N–H and O–H groups in total. The van der Waals surface area contributed by atoms with Gasteiger partial charge in [0.1, 0.15) is 0 Å². The summed E-state index contributed by atoms with van der Waals surface area (Å²) in [4.78, 5) is 16.2. The van der Waals surface area contributed by atoms with Crippen LogP contribution in [0.3, 0.4) is 0 Å². The lowest BCUT2D eigenvalue weighted by molar-refractivity contribution is 0.0908. The van der Waals surface area contributed by atoms with E-state index in [0.29, 0.717) is 12.4 Å². The minimum Gasteiger partial charge on any atom is -0.330 e. The van der Waals surface area contributed by atoms with Crippen LogP contribution in [0.25, 0.3) is 0 Å². The second-order valence-electron chi connectivity index (χ2n) is 4.14. The molecule has 0 aliphatic heterocycles. The summed E-state index contributed by atoms with van der Waals surface area (Å²) in [5.41, 5.74) is 5.44. The molecule has 1 rings (SSSR count). The van der Waals surface area contributed by atoms with Gasteiger partial charge >= 0.3 is 0 Å². The molecule has 0 aromatic carbocycles. The Hall–Kier alpha value is -1.16. The maximum Gasteiger partial charge on any atom is 0.201 e. The largest absolute Gasteiger partial charge is 0.330 e. The number of carbonyl (C=O) groups is 1. The fourth-order valence-electron chi connectivity index (χ4n) is 1.73. The monoisotopic (exact) mass is 223 g/mol. The van der Waals surface area contributed by atoms with Gasteiger partial charge in [-0.2, -0.15) is 0 Å². The van der Waals surface area contributed by atoms with E-state index in [2.05, 4.69) is 11.9 Å². The van der Waals surface area contributed by atoms with Crippen molar-refractivity contribution in [3.8, 4) is 0 Å². The number of carbonyl (C=O) groups excluding carboxylic acids is 1. The van der Waals surface area contributed by atoms with E-state index in [1.165, 1.54) is 0 Å². The Bertz CT molecular complexity index is 333. The number of Topliss-reactive ketones (excluding diaryl/α,β-unsaturated/α-hetero) is 1. The van der Waals surface area contributed by atoms with E-state index in [9.17, 15) is 4.79 Å². The van der Waals surface area contributed by atoms with Crippen LogP contribution in [0.4, 0.5) is 0 Å². The summed E-state index contributed by atoms with van der Waals surface area (Å²) in [6.45, 7) is 5.53. The highest BCUT2D eigenvalue weighted by molar-refractivity contribution is 5.94. The van der Waals surface area contributed by atoms with Crippen molar-refractivity contribution in [3.05, 3.63) is 18.2 Å². The molecule has 0 spiro atoms. The summed E-state index contributed by atoms with van der Waals surface area (Å²) in [5.74, 6) is 0.736. The van der Waals surface area contributed by atoms with Crippen LogP contribution >= 0.6 is 0 Å². The van der Waals surface area contributed by atoms with E-state index in [1.807, 2.05) is 17.7 Å². The van der Waals surface area contributed by atoms with E-state index in [-0.39, 0.29) is 11.7 Å². The molecular weight excluding hydrogens is 202 g/mol. The summed E-state index contributed by atoms with van der Waals surface area (Å²) < 4.78 is 1.93. The van der Waals surface area contributed by atoms with Gasteiger partial charge in [-0.15, -0.1) is 0 Å². The van der Waals surface area contributed by atoms with Crippen LogP contribution in [0.1, 0.15) is 43.7 Å². The zero-order valence-corrected chi connectivity index (χ0v) is 10.1. The Morgan fingerprint density at radius 1 is 1.62 bits per heavy atom. The third-order valence-corrected chi connectivity index (χ3v) is 2.69. The van der Waals surface area contributed by atoms with E-state index in [1.54, 1.807) is 6.20 Å². The maximum absolute atomic E-state index is 12.1. The van der Waals surface area contributed by atoms with Crippen molar-refractivity contribution in [2.75, 3.05) is 6.54 Å². The number of nitrogens with two attached hydrogens (primary N) is 1. The van der Waals surface area contributed by atoms with Gasteiger partial charge in [-0.25, -0.2) is 4.98 Å². The van der Waals surface area contributed by atoms with Crippen molar-refractivity contribution in [1.82, 2.24) is 9.55 Å². The van der Waals surface area contributed by atoms with Gasteiger partial charge in [-0.1, -0.05) is 13.8 Å². The summed E-state index contributed by atoms with van der Waals surface area (Å²) in [5, 5.41) is 0. The number of rotatable bonds is 7. The van der Waals surface area contributed by atoms with Crippen LogP contribution < -0.4 is 5.73 Å². The molecule has 0 fully saturated rings. The van der Waals surface area contributed by atoms with Crippen molar-refractivity contribution >= 4 is 5.78 Å². The van der Waals surface area contributed by atoms with E-state index >= 15 is 0 Å². The minimum atomic E-state index is 0.0153.